The first-order valence-corrected chi connectivity index (χ1v) is 15.6. The number of nitrogens with one attached hydrogen (secondary N) is 2. The van der Waals surface area contributed by atoms with Crippen LogP contribution in [0.25, 0.3) is 33.6 Å². The van der Waals surface area contributed by atoms with Gasteiger partial charge in [0.25, 0.3) is 0 Å². The standard InChI is InChI=1S/C35H36ClN7O2/c1-21-13-14-35(42-21)19-43(20-35)18-30-34(45-4)41-29(17-39-30)24-8-5-7-23(22(24)2)25-9-6-10-26(31(25)36)28-12-11-27(33(40-28)44-3)32-37-15-16-38-32/h5-12,17,42H,1,13-16,18-20H2,2-4H3,(H,37,38). The van der Waals surface area contributed by atoms with E-state index in [9.17, 15) is 0 Å². The molecule has 0 saturated carbocycles. The predicted octanol–water partition coefficient (Wildman–Crippen LogP) is 5.65. The van der Waals surface area contributed by atoms with Gasteiger partial charge in [-0.25, -0.2) is 9.97 Å². The molecule has 7 rings (SSSR count). The van der Waals surface area contributed by atoms with E-state index in [0.717, 1.165) is 101 Å². The minimum absolute atomic E-state index is 0.168. The van der Waals surface area contributed by atoms with Gasteiger partial charge in [-0.2, -0.15) is 0 Å². The minimum Gasteiger partial charge on any atom is -0.480 e. The molecule has 0 unspecified atom stereocenters. The van der Waals surface area contributed by atoms with E-state index >= 15 is 0 Å². The molecule has 2 aromatic heterocycles. The third-order valence-electron chi connectivity index (χ3n) is 8.94. The molecular formula is C35H36ClN7O2. The molecule has 0 bridgehead atoms. The highest BCUT2D eigenvalue weighted by molar-refractivity contribution is 6.36. The van der Waals surface area contributed by atoms with Crippen molar-refractivity contribution in [3.63, 3.8) is 0 Å². The largest absolute Gasteiger partial charge is 0.480 e. The van der Waals surface area contributed by atoms with Gasteiger partial charge in [0, 0.05) is 48.6 Å². The van der Waals surface area contributed by atoms with Crippen LogP contribution >= 0.6 is 11.6 Å². The summed E-state index contributed by atoms with van der Waals surface area (Å²) >= 11 is 7.12. The third kappa shape index (κ3) is 5.40. The number of pyridine rings is 1. The summed E-state index contributed by atoms with van der Waals surface area (Å²) in [6, 6.07) is 16.1. The van der Waals surface area contributed by atoms with Gasteiger partial charge in [0.1, 0.15) is 11.5 Å². The first kappa shape index (κ1) is 29.3. The minimum atomic E-state index is 0.168. The molecule has 3 aliphatic heterocycles. The molecule has 2 fully saturated rings. The molecule has 2 saturated heterocycles. The van der Waals surface area contributed by atoms with E-state index < -0.39 is 0 Å². The number of methoxy groups -OCH3 is 2. The van der Waals surface area contributed by atoms with Crippen LogP contribution in [0.1, 0.15) is 29.7 Å². The number of benzene rings is 2. The molecule has 4 aromatic rings. The molecule has 230 valence electrons. The molecule has 5 heterocycles. The van der Waals surface area contributed by atoms with E-state index in [1.54, 1.807) is 14.2 Å². The quantitative estimate of drug-likeness (QED) is 0.260. The second-order valence-corrected chi connectivity index (χ2v) is 12.3. The lowest BCUT2D eigenvalue weighted by atomic mass is 9.88. The Labute approximate surface area is 268 Å². The highest BCUT2D eigenvalue weighted by atomic mass is 35.5. The summed E-state index contributed by atoms with van der Waals surface area (Å²) in [5, 5.41) is 7.47. The molecule has 1 spiro atoms. The molecule has 0 aliphatic carbocycles. The number of aliphatic imine (C=N–C) groups is 1. The monoisotopic (exact) mass is 621 g/mol. The van der Waals surface area contributed by atoms with Crippen LogP contribution in [-0.4, -0.2) is 71.6 Å². The molecular weight excluding hydrogens is 586 g/mol. The predicted molar refractivity (Wildman–Crippen MR) is 178 cm³/mol. The van der Waals surface area contributed by atoms with Gasteiger partial charge in [-0.05, 0) is 43.0 Å². The summed E-state index contributed by atoms with van der Waals surface area (Å²) in [4.78, 5) is 21.4. The SMILES string of the molecule is C=C1CCC2(CN(Cc3ncc(-c4cccc(-c5cccc(-c6ccc(C7=NCCN7)c(OC)n6)c5Cl)c4C)nc3OC)C2)N1. The molecule has 0 radical (unpaired) electrons. The summed E-state index contributed by atoms with van der Waals surface area (Å²) in [7, 11) is 3.27. The van der Waals surface area contributed by atoms with Gasteiger partial charge in [-0.1, -0.05) is 54.6 Å². The number of halogens is 1. The lowest BCUT2D eigenvalue weighted by molar-refractivity contribution is 0.0488. The van der Waals surface area contributed by atoms with Crippen molar-refractivity contribution in [1.29, 1.82) is 0 Å². The zero-order chi connectivity index (χ0) is 31.1. The van der Waals surface area contributed by atoms with E-state index in [4.69, 9.17) is 36.0 Å². The fraction of sp³-hybridized carbons (Fsp3) is 0.314. The van der Waals surface area contributed by atoms with Gasteiger partial charge in [-0.3, -0.25) is 14.9 Å². The van der Waals surface area contributed by atoms with Crippen molar-refractivity contribution in [1.82, 2.24) is 30.5 Å². The smallest absolute Gasteiger partial charge is 0.237 e. The summed E-state index contributed by atoms with van der Waals surface area (Å²) in [6.07, 6.45) is 4.03. The maximum absolute atomic E-state index is 7.12. The maximum atomic E-state index is 7.12. The van der Waals surface area contributed by atoms with Crippen LogP contribution in [0.3, 0.4) is 0 Å². The van der Waals surface area contributed by atoms with Crippen molar-refractivity contribution in [2.24, 2.45) is 4.99 Å². The lowest BCUT2D eigenvalue weighted by Gasteiger charge is -2.48. The lowest BCUT2D eigenvalue weighted by Crippen LogP contribution is -2.65. The van der Waals surface area contributed by atoms with Crippen LogP contribution in [0.15, 0.2) is 72.0 Å². The van der Waals surface area contributed by atoms with E-state index in [2.05, 4.69) is 46.2 Å². The van der Waals surface area contributed by atoms with Gasteiger partial charge in [0.05, 0.1) is 54.5 Å². The Balaban J connectivity index is 1.16. The number of hydrogen-bond acceptors (Lipinski definition) is 9. The Bertz CT molecular complexity index is 1830. The summed E-state index contributed by atoms with van der Waals surface area (Å²) in [6.45, 7) is 10.4. The maximum Gasteiger partial charge on any atom is 0.237 e. The Morgan fingerprint density at radius 2 is 1.64 bits per heavy atom. The van der Waals surface area contributed by atoms with E-state index in [-0.39, 0.29) is 5.54 Å². The van der Waals surface area contributed by atoms with Crippen LogP contribution in [0.4, 0.5) is 0 Å². The number of ether oxygens (including phenoxy) is 2. The summed E-state index contributed by atoms with van der Waals surface area (Å²) < 4.78 is 11.4. The topological polar surface area (TPSA) is 96.8 Å². The van der Waals surface area contributed by atoms with Crippen molar-refractivity contribution in [3.05, 3.63) is 88.8 Å². The molecule has 45 heavy (non-hydrogen) atoms. The van der Waals surface area contributed by atoms with Gasteiger partial charge in [0.2, 0.25) is 11.8 Å². The number of aromatic nitrogens is 3. The van der Waals surface area contributed by atoms with Crippen LogP contribution < -0.4 is 20.1 Å². The van der Waals surface area contributed by atoms with Crippen LogP contribution in [-0.2, 0) is 6.54 Å². The second kappa shape index (κ2) is 11.8. The number of allylic oxidation sites excluding steroid dienone is 1. The molecule has 0 amide bonds. The van der Waals surface area contributed by atoms with Gasteiger partial charge in [0.15, 0.2) is 0 Å². The highest BCUT2D eigenvalue weighted by Crippen LogP contribution is 2.40. The fourth-order valence-corrected chi connectivity index (χ4v) is 7.03. The van der Waals surface area contributed by atoms with E-state index in [1.807, 2.05) is 42.6 Å². The first-order valence-electron chi connectivity index (χ1n) is 15.2. The normalized spacial score (nSPS) is 17.1. The number of amidine groups is 1. The zero-order valence-electron chi connectivity index (χ0n) is 25.8. The van der Waals surface area contributed by atoms with Crippen molar-refractivity contribution in [3.8, 4) is 45.4 Å². The molecule has 3 aliphatic rings. The van der Waals surface area contributed by atoms with E-state index in [0.29, 0.717) is 23.3 Å². The van der Waals surface area contributed by atoms with Crippen LogP contribution in [0.2, 0.25) is 5.02 Å². The van der Waals surface area contributed by atoms with Crippen LogP contribution in [0.5, 0.6) is 11.8 Å². The highest BCUT2D eigenvalue weighted by Gasteiger charge is 2.46. The Morgan fingerprint density at radius 1 is 0.911 bits per heavy atom. The number of rotatable bonds is 8. The summed E-state index contributed by atoms with van der Waals surface area (Å²) in [5.74, 6) is 1.85. The van der Waals surface area contributed by atoms with Crippen molar-refractivity contribution >= 4 is 17.4 Å². The molecule has 0 atom stereocenters. The average Bonchev–Trinajstić information content (AvgIpc) is 3.72. The number of hydrogen-bond donors (Lipinski definition) is 2. The summed E-state index contributed by atoms with van der Waals surface area (Å²) in [5.41, 5.74) is 9.21. The second-order valence-electron chi connectivity index (χ2n) is 11.9. The van der Waals surface area contributed by atoms with Crippen molar-refractivity contribution in [2.45, 2.75) is 31.8 Å². The molecule has 10 heteroatoms. The number of nitrogens with zero attached hydrogens (tertiary/aromatic N) is 5. The van der Waals surface area contributed by atoms with Crippen LogP contribution in [0, 0.1) is 6.92 Å². The Hall–Kier alpha value is -4.47. The Kier molecular flexibility index (Phi) is 7.67. The van der Waals surface area contributed by atoms with E-state index in [1.165, 1.54) is 0 Å². The fourth-order valence-electron chi connectivity index (χ4n) is 6.71. The van der Waals surface area contributed by atoms with Gasteiger partial charge in [-0.15, -0.1) is 0 Å². The average molecular weight is 622 g/mol. The van der Waals surface area contributed by atoms with Crippen molar-refractivity contribution in [2.75, 3.05) is 40.4 Å². The molecule has 2 N–H and O–H groups in total. The van der Waals surface area contributed by atoms with Gasteiger partial charge < -0.3 is 20.1 Å². The van der Waals surface area contributed by atoms with Gasteiger partial charge >= 0.3 is 0 Å². The first-order chi connectivity index (χ1) is 21.9. The number of likely N-dealkylation sites (tertiary alicyclic amines) is 1. The Morgan fingerprint density at radius 3 is 2.36 bits per heavy atom. The molecule has 2 aromatic carbocycles. The zero-order valence-corrected chi connectivity index (χ0v) is 26.5. The van der Waals surface area contributed by atoms with Crippen molar-refractivity contribution < 1.29 is 9.47 Å². The third-order valence-corrected chi connectivity index (χ3v) is 9.34. The molecule has 9 nitrogen and oxygen atoms in total.